The summed E-state index contributed by atoms with van der Waals surface area (Å²) in [6.45, 7) is 0.604. The Labute approximate surface area is 119 Å². The first-order valence-corrected chi connectivity index (χ1v) is 7.47. The van der Waals surface area contributed by atoms with Gasteiger partial charge in [0.2, 0.25) is 5.91 Å². The minimum absolute atomic E-state index is 0.117. The van der Waals surface area contributed by atoms with Gasteiger partial charge in [-0.3, -0.25) is 4.79 Å². The maximum atomic E-state index is 11.6. The highest BCUT2D eigenvalue weighted by Crippen LogP contribution is 2.23. The van der Waals surface area contributed by atoms with Crippen molar-refractivity contribution < 1.29 is 4.79 Å². The van der Waals surface area contributed by atoms with Gasteiger partial charge in [0, 0.05) is 30.2 Å². The smallest absolute Gasteiger partial charge is 0.220 e. The van der Waals surface area contributed by atoms with Crippen molar-refractivity contribution in [1.82, 2.24) is 10.3 Å². The molecule has 0 atom stereocenters. The summed E-state index contributed by atoms with van der Waals surface area (Å²) >= 11 is 5.17. The Morgan fingerprint density at radius 2 is 2.28 bits per heavy atom. The van der Waals surface area contributed by atoms with Crippen LogP contribution in [0.25, 0.3) is 0 Å². The van der Waals surface area contributed by atoms with Gasteiger partial charge in [0.05, 0.1) is 3.79 Å². The zero-order chi connectivity index (χ0) is 12.8. The van der Waals surface area contributed by atoms with Crippen LogP contribution in [0.3, 0.4) is 0 Å². The molecule has 0 bridgehead atoms. The SMILES string of the molecule is O=C(CCCc1ccc(Br)s1)NCc1cc[nH]c1. The van der Waals surface area contributed by atoms with Crippen molar-refractivity contribution in [2.45, 2.75) is 25.8 Å². The number of aryl methyl sites for hydroxylation is 1. The molecule has 0 aliphatic carbocycles. The topological polar surface area (TPSA) is 44.9 Å². The molecule has 2 aromatic heterocycles. The molecule has 0 unspecified atom stereocenters. The number of thiophene rings is 1. The van der Waals surface area contributed by atoms with Crippen LogP contribution in [0.1, 0.15) is 23.3 Å². The number of nitrogens with one attached hydrogen (secondary N) is 2. The third-order valence-corrected chi connectivity index (χ3v) is 4.29. The van der Waals surface area contributed by atoms with Crippen LogP contribution in [-0.2, 0) is 17.8 Å². The first kappa shape index (κ1) is 13.4. The average Bonchev–Trinajstić information content (AvgIpc) is 2.98. The first-order valence-electron chi connectivity index (χ1n) is 5.86. The summed E-state index contributed by atoms with van der Waals surface area (Å²) < 4.78 is 1.15. The van der Waals surface area contributed by atoms with Gasteiger partial charge in [0.15, 0.2) is 0 Å². The molecule has 0 saturated heterocycles. The van der Waals surface area contributed by atoms with E-state index < -0.39 is 0 Å². The Balaban J connectivity index is 1.63. The largest absolute Gasteiger partial charge is 0.367 e. The molecule has 18 heavy (non-hydrogen) atoms. The number of amides is 1. The highest BCUT2D eigenvalue weighted by Gasteiger charge is 2.03. The highest BCUT2D eigenvalue weighted by molar-refractivity contribution is 9.11. The Hall–Kier alpha value is -1.07. The van der Waals surface area contributed by atoms with E-state index >= 15 is 0 Å². The minimum Gasteiger partial charge on any atom is -0.367 e. The summed E-state index contributed by atoms with van der Waals surface area (Å²) in [6.07, 6.45) is 6.19. The van der Waals surface area contributed by atoms with Crippen molar-refractivity contribution in [3.05, 3.63) is 44.8 Å². The van der Waals surface area contributed by atoms with Gasteiger partial charge in [-0.25, -0.2) is 0 Å². The molecule has 2 aromatic rings. The Morgan fingerprint density at radius 3 is 2.94 bits per heavy atom. The van der Waals surface area contributed by atoms with E-state index in [0.717, 1.165) is 22.2 Å². The van der Waals surface area contributed by atoms with Crippen molar-refractivity contribution in [3.63, 3.8) is 0 Å². The molecule has 0 spiro atoms. The fourth-order valence-electron chi connectivity index (χ4n) is 1.67. The number of halogens is 1. The molecule has 0 aliphatic rings. The van der Waals surface area contributed by atoms with Crippen LogP contribution < -0.4 is 5.32 Å². The van der Waals surface area contributed by atoms with E-state index in [0.29, 0.717) is 13.0 Å². The van der Waals surface area contributed by atoms with Crippen molar-refractivity contribution in [2.75, 3.05) is 0 Å². The Morgan fingerprint density at radius 1 is 1.39 bits per heavy atom. The number of hydrogen-bond donors (Lipinski definition) is 2. The van der Waals surface area contributed by atoms with E-state index in [-0.39, 0.29) is 5.91 Å². The summed E-state index contributed by atoms with van der Waals surface area (Å²) in [5.41, 5.74) is 1.10. The predicted octanol–water partition coefficient (Wildman–Crippen LogP) is 3.48. The predicted molar refractivity (Wildman–Crippen MR) is 77.6 cm³/mol. The molecule has 96 valence electrons. The quantitative estimate of drug-likeness (QED) is 0.838. The molecule has 1 amide bonds. The van der Waals surface area contributed by atoms with Gasteiger partial charge in [0.25, 0.3) is 0 Å². The normalized spacial score (nSPS) is 10.5. The molecular formula is C13H15BrN2OS. The van der Waals surface area contributed by atoms with Crippen LogP contribution >= 0.6 is 27.3 Å². The molecule has 0 fully saturated rings. The lowest BCUT2D eigenvalue weighted by Crippen LogP contribution is -2.22. The molecule has 2 heterocycles. The lowest BCUT2D eigenvalue weighted by molar-refractivity contribution is -0.121. The maximum Gasteiger partial charge on any atom is 0.220 e. The second-order valence-electron chi connectivity index (χ2n) is 4.06. The van der Waals surface area contributed by atoms with Crippen LogP contribution in [0.5, 0.6) is 0 Å². The summed E-state index contributed by atoms with van der Waals surface area (Å²) in [6, 6.07) is 6.11. The van der Waals surface area contributed by atoms with Crippen molar-refractivity contribution in [1.29, 1.82) is 0 Å². The number of carbonyl (C=O) groups is 1. The van der Waals surface area contributed by atoms with Gasteiger partial charge in [-0.1, -0.05) is 0 Å². The first-order chi connectivity index (χ1) is 8.74. The molecule has 2 rings (SSSR count). The van der Waals surface area contributed by atoms with Gasteiger partial charge in [-0.05, 0) is 52.5 Å². The summed E-state index contributed by atoms with van der Waals surface area (Å²) in [5, 5.41) is 2.91. The number of hydrogen-bond acceptors (Lipinski definition) is 2. The summed E-state index contributed by atoms with van der Waals surface area (Å²) in [5.74, 6) is 0.117. The molecule has 2 N–H and O–H groups in total. The van der Waals surface area contributed by atoms with Crippen LogP contribution in [0.15, 0.2) is 34.4 Å². The van der Waals surface area contributed by atoms with Gasteiger partial charge in [-0.15, -0.1) is 11.3 Å². The minimum atomic E-state index is 0.117. The Bertz CT molecular complexity index is 493. The van der Waals surface area contributed by atoms with Crippen LogP contribution in [0, 0.1) is 0 Å². The second kappa shape index (κ2) is 6.75. The summed E-state index contributed by atoms with van der Waals surface area (Å²) in [4.78, 5) is 15.9. The third-order valence-electron chi connectivity index (χ3n) is 2.61. The average molecular weight is 327 g/mol. The van der Waals surface area contributed by atoms with Crippen molar-refractivity contribution in [3.8, 4) is 0 Å². The zero-order valence-electron chi connectivity index (χ0n) is 9.91. The highest BCUT2D eigenvalue weighted by atomic mass is 79.9. The molecule has 0 saturated carbocycles. The molecule has 0 aromatic carbocycles. The fraction of sp³-hybridized carbons (Fsp3) is 0.308. The second-order valence-corrected chi connectivity index (χ2v) is 6.60. The number of aromatic nitrogens is 1. The van der Waals surface area contributed by atoms with Gasteiger partial charge < -0.3 is 10.3 Å². The van der Waals surface area contributed by atoms with E-state index in [9.17, 15) is 4.79 Å². The van der Waals surface area contributed by atoms with Crippen LogP contribution in [0.2, 0.25) is 0 Å². The molecule has 0 radical (unpaired) electrons. The van der Waals surface area contributed by atoms with Gasteiger partial charge >= 0.3 is 0 Å². The van der Waals surface area contributed by atoms with Crippen molar-refractivity contribution >= 4 is 33.2 Å². The van der Waals surface area contributed by atoms with E-state index in [1.165, 1.54) is 4.88 Å². The number of carbonyl (C=O) groups excluding carboxylic acids is 1. The third kappa shape index (κ3) is 4.31. The van der Waals surface area contributed by atoms with Crippen LogP contribution in [-0.4, -0.2) is 10.9 Å². The van der Waals surface area contributed by atoms with E-state index in [1.54, 1.807) is 11.3 Å². The molecule has 5 heteroatoms. The standard InChI is InChI=1S/C13H15BrN2OS/c14-12-5-4-11(18-12)2-1-3-13(17)16-9-10-6-7-15-8-10/h4-8,15H,1-3,9H2,(H,16,17). The Kier molecular flexibility index (Phi) is 5.01. The molecular weight excluding hydrogens is 312 g/mol. The molecule has 0 aliphatic heterocycles. The molecule has 3 nitrogen and oxygen atoms in total. The summed E-state index contributed by atoms with van der Waals surface area (Å²) in [7, 11) is 0. The van der Waals surface area contributed by atoms with E-state index in [1.807, 2.05) is 24.5 Å². The zero-order valence-corrected chi connectivity index (χ0v) is 12.3. The lowest BCUT2D eigenvalue weighted by atomic mass is 10.2. The number of aromatic amines is 1. The van der Waals surface area contributed by atoms with Crippen LogP contribution in [0.4, 0.5) is 0 Å². The van der Waals surface area contributed by atoms with Gasteiger partial charge in [0.1, 0.15) is 0 Å². The van der Waals surface area contributed by atoms with E-state index in [4.69, 9.17) is 0 Å². The lowest BCUT2D eigenvalue weighted by Gasteiger charge is -2.03. The van der Waals surface area contributed by atoms with Gasteiger partial charge in [-0.2, -0.15) is 0 Å². The monoisotopic (exact) mass is 326 g/mol. The number of H-pyrrole nitrogens is 1. The van der Waals surface area contributed by atoms with Crippen molar-refractivity contribution in [2.24, 2.45) is 0 Å². The fourth-order valence-corrected chi connectivity index (χ4v) is 3.19. The number of rotatable bonds is 6. The maximum absolute atomic E-state index is 11.6. The van der Waals surface area contributed by atoms with E-state index in [2.05, 4.69) is 32.3 Å².